The molecule has 2 saturated heterocycles. The molecule has 0 spiro atoms. The predicted molar refractivity (Wildman–Crippen MR) is 84.9 cm³/mol. The predicted octanol–water partition coefficient (Wildman–Crippen LogP) is 1.12. The van der Waals surface area contributed by atoms with E-state index in [4.69, 9.17) is 10.5 Å². The minimum Gasteiger partial charge on any atom is -0.377 e. The van der Waals surface area contributed by atoms with Crippen molar-refractivity contribution in [1.29, 1.82) is 0 Å². The summed E-state index contributed by atoms with van der Waals surface area (Å²) in [4.78, 5) is 11.5. The second-order valence-electron chi connectivity index (χ2n) is 6.33. The minimum absolute atomic E-state index is 0.0342. The van der Waals surface area contributed by atoms with Crippen molar-refractivity contribution < 1.29 is 22.3 Å². The lowest BCUT2D eigenvalue weighted by molar-refractivity contribution is -0.124. The van der Waals surface area contributed by atoms with Gasteiger partial charge in [0.05, 0.1) is 16.9 Å². The van der Waals surface area contributed by atoms with E-state index < -0.39 is 15.8 Å². The third-order valence-corrected chi connectivity index (χ3v) is 6.79. The second-order valence-corrected chi connectivity index (χ2v) is 8.27. The van der Waals surface area contributed by atoms with E-state index in [1.807, 2.05) is 0 Å². The Bertz CT molecular complexity index is 717. The van der Waals surface area contributed by atoms with Gasteiger partial charge in [0.15, 0.2) is 0 Å². The van der Waals surface area contributed by atoms with E-state index in [2.05, 4.69) is 0 Å². The number of benzene rings is 1. The number of halogens is 1. The highest BCUT2D eigenvalue weighted by atomic mass is 32.2. The molecule has 8 heteroatoms. The molecule has 24 heavy (non-hydrogen) atoms. The molecule has 2 fully saturated rings. The van der Waals surface area contributed by atoms with Crippen LogP contribution in [0.3, 0.4) is 0 Å². The zero-order valence-corrected chi connectivity index (χ0v) is 14.0. The number of piperidine rings is 1. The highest BCUT2D eigenvalue weighted by Gasteiger charge is 2.40. The van der Waals surface area contributed by atoms with Crippen molar-refractivity contribution in [2.75, 3.05) is 19.7 Å². The van der Waals surface area contributed by atoms with Gasteiger partial charge in [0.1, 0.15) is 5.82 Å². The number of carbonyl (C=O) groups excluding carboxylic acids is 1. The number of ether oxygens (including phenoxy) is 1. The minimum atomic E-state index is -3.70. The quantitative estimate of drug-likeness (QED) is 0.875. The fraction of sp³-hybridized carbons (Fsp3) is 0.562. The second kappa shape index (κ2) is 6.78. The summed E-state index contributed by atoms with van der Waals surface area (Å²) in [6.45, 7) is 1.17. The van der Waals surface area contributed by atoms with Crippen molar-refractivity contribution in [3.05, 3.63) is 30.1 Å². The van der Waals surface area contributed by atoms with Gasteiger partial charge in [-0.3, -0.25) is 4.79 Å². The van der Waals surface area contributed by atoms with Gasteiger partial charge in [-0.25, -0.2) is 12.8 Å². The van der Waals surface area contributed by atoms with E-state index in [0.29, 0.717) is 39.0 Å². The number of sulfonamides is 1. The molecule has 2 heterocycles. The summed E-state index contributed by atoms with van der Waals surface area (Å²) in [5.74, 6) is -1.10. The molecule has 2 N–H and O–H groups in total. The standard InChI is InChI=1S/C16H21FN2O4S/c17-12-2-1-3-13(10-12)24(21,22)19-7-4-11(5-8-19)15-14(16(18)20)6-9-23-15/h1-3,10-11,14-15H,4-9H2,(H2,18,20)/t14-,15+/m0/s1. The Morgan fingerprint density at radius 2 is 1.96 bits per heavy atom. The number of nitrogens with two attached hydrogens (primary N) is 1. The van der Waals surface area contributed by atoms with Crippen LogP contribution in [0.25, 0.3) is 0 Å². The molecule has 0 unspecified atom stereocenters. The van der Waals surface area contributed by atoms with Crippen molar-refractivity contribution in [3.63, 3.8) is 0 Å². The zero-order valence-electron chi connectivity index (χ0n) is 13.2. The lowest BCUT2D eigenvalue weighted by atomic mass is 9.84. The Balaban J connectivity index is 1.68. The van der Waals surface area contributed by atoms with Gasteiger partial charge in [0, 0.05) is 19.7 Å². The van der Waals surface area contributed by atoms with Gasteiger partial charge in [-0.1, -0.05) is 6.07 Å². The van der Waals surface area contributed by atoms with Crippen LogP contribution in [0.5, 0.6) is 0 Å². The van der Waals surface area contributed by atoms with Gasteiger partial charge in [0.25, 0.3) is 0 Å². The molecule has 6 nitrogen and oxygen atoms in total. The maximum atomic E-state index is 13.3. The molecule has 2 aliphatic rings. The Morgan fingerprint density at radius 1 is 1.25 bits per heavy atom. The SMILES string of the molecule is NC(=O)[C@H]1CCO[C@@H]1C1CCN(S(=O)(=O)c2cccc(F)c2)CC1. The summed E-state index contributed by atoms with van der Waals surface area (Å²) in [5, 5.41) is 0. The lowest BCUT2D eigenvalue weighted by Gasteiger charge is -2.35. The van der Waals surface area contributed by atoms with E-state index in [-0.39, 0.29) is 28.7 Å². The van der Waals surface area contributed by atoms with E-state index in [1.54, 1.807) is 0 Å². The summed E-state index contributed by atoms with van der Waals surface area (Å²) < 4.78 is 45.5. The summed E-state index contributed by atoms with van der Waals surface area (Å²) in [6.07, 6.45) is 1.61. The van der Waals surface area contributed by atoms with Crippen LogP contribution < -0.4 is 5.73 Å². The Labute approximate surface area is 140 Å². The number of nitrogens with zero attached hydrogens (tertiary/aromatic N) is 1. The van der Waals surface area contributed by atoms with Crippen LogP contribution in [0.4, 0.5) is 4.39 Å². The van der Waals surface area contributed by atoms with Crippen LogP contribution in [0, 0.1) is 17.7 Å². The molecule has 3 rings (SSSR count). The first-order chi connectivity index (χ1) is 11.4. The Kier molecular flexibility index (Phi) is 4.89. The molecule has 132 valence electrons. The summed E-state index contributed by atoms with van der Waals surface area (Å²) in [5.41, 5.74) is 5.42. The van der Waals surface area contributed by atoms with Crippen molar-refractivity contribution in [3.8, 4) is 0 Å². The third kappa shape index (κ3) is 3.31. The summed E-state index contributed by atoms with van der Waals surface area (Å²) in [7, 11) is -3.70. The topological polar surface area (TPSA) is 89.7 Å². The van der Waals surface area contributed by atoms with Gasteiger partial charge in [0.2, 0.25) is 15.9 Å². The van der Waals surface area contributed by atoms with E-state index in [0.717, 1.165) is 6.07 Å². The summed E-state index contributed by atoms with van der Waals surface area (Å²) >= 11 is 0. The molecular formula is C16H21FN2O4S. The molecule has 0 saturated carbocycles. The maximum absolute atomic E-state index is 13.3. The molecule has 1 aromatic carbocycles. The first-order valence-electron chi connectivity index (χ1n) is 8.06. The average molecular weight is 356 g/mol. The van der Waals surface area contributed by atoms with Crippen molar-refractivity contribution in [2.45, 2.75) is 30.3 Å². The number of carbonyl (C=O) groups is 1. The molecule has 2 atom stereocenters. The van der Waals surface area contributed by atoms with E-state index >= 15 is 0 Å². The molecule has 0 bridgehead atoms. The normalized spacial score (nSPS) is 26.5. The van der Waals surface area contributed by atoms with Crippen molar-refractivity contribution >= 4 is 15.9 Å². The molecule has 0 radical (unpaired) electrons. The van der Waals surface area contributed by atoms with Crippen LogP contribution in [-0.2, 0) is 19.6 Å². The van der Waals surface area contributed by atoms with Gasteiger partial charge < -0.3 is 10.5 Å². The van der Waals surface area contributed by atoms with Crippen molar-refractivity contribution in [2.24, 2.45) is 17.6 Å². The molecule has 1 aromatic rings. The fourth-order valence-corrected chi connectivity index (χ4v) is 5.10. The number of hydrogen-bond acceptors (Lipinski definition) is 4. The fourth-order valence-electron chi connectivity index (χ4n) is 3.60. The average Bonchev–Trinajstić information content (AvgIpc) is 3.05. The first kappa shape index (κ1) is 17.3. The van der Waals surface area contributed by atoms with Gasteiger partial charge in [-0.2, -0.15) is 4.31 Å². The van der Waals surface area contributed by atoms with Gasteiger partial charge in [-0.05, 0) is 43.4 Å². The van der Waals surface area contributed by atoms with Crippen LogP contribution in [0.2, 0.25) is 0 Å². The van der Waals surface area contributed by atoms with Gasteiger partial charge in [-0.15, -0.1) is 0 Å². The van der Waals surface area contributed by atoms with E-state index in [9.17, 15) is 17.6 Å². The van der Waals surface area contributed by atoms with Crippen LogP contribution in [-0.4, -0.2) is 44.4 Å². The third-order valence-electron chi connectivity index (χ3n) is 4.90. The molecule has 0 aliphatic carbocycles. The number of primary amides is 1. The molecule has 2 aliphatic heterocycles. The first-order valence-corrected chi connectivity index (χ1v) is 9.50. The Morgan fingerprint density at radius 3 is 2.58 bits per heavy atom. The number of hydrogen-bond donors (Lipinski definition) is 1. The monoisotopic (exact) mass is 356 g/mol. The largest absolute Gasteiger partial charge is 0.377 e. The summed E-state index contributed by atoms with van der Waals surface area (Å²) in [6, 6.07) is 5.03. The lowest BCUT2D eigenvalue weighted by Crippen LogP contribution is -2.44. The zero-order chi connectivity index (χ0) is 17.3. The molecule has 0 aromatic heterocycles. The molecule has 1 amide bonds. The van der Waals surface area contributed by atoms with E-state index in [1.165, 1.54) is 22.5 Å². The highest BCUT2D eigenvalue weighted by Crippen LogP contribution is 2.34. The highest BCUT2D eigenvalue weighted by molar-refractivity contribution is 7.89. The maximum Gasteiger partial charge on any atom is 0.243 e. The van der Waals surface area contributed by atoms with Crippen LogP contribution in [0.15, 0.2) is 29.2 Å². The van der Waals surface area contributed by atoms with Crippen molar-refractivity contribution in [1.82, 2.24) is 4.31 Å². The molecular weight excluding hydrogens is 335 g/mol. The Hall–Kier alpha value is -1.51. The number of amides is 1. The van der Waals surface area contributed by atoms with Crippen LogP contribution >= 0.6 is 0 Å². The smallest absolute Gasteiger partial charge is 0.243 e. The van der Waals surface area contributed by atoms with Gasteiger partial charge >= 0.3 is 0 Å². The number of rotatable bonds is 4. The van der Waals surface area contributed by atoms with Crippen LogP contribution in [0.1, 0.15) is 19.3 Å².